The summed E-state index contributed by atoms with van der Waals surface area (Å²) in [5.41, 5.74) is 2.73. The van der Waals surface area contributed by atoms with Crippen LogP contribution in [-0.2, 0) is 4.79 Å². The summed E-state index contributed by atoms with van der Waals surface area (Å²) in [6, 6.07) is 12.7. The lowest BCUT2D eigenvalue weighted by atomic mass is 10.1. The van der Waals surface area contributed by atoms with Crippen LogP contribution >= 0.6 is 0 Å². The molecular weight excluding hydrogens is 268 g/mol. The van der Waals surface area contributed by atoms with Gasteiger partial charge in [0.1, 0.15) is 5.75 Å². The van der Waals surface area contributed by atoms with E-state index in [4.69, 9.17) is 4.74 Å². The summed E-state index contributed by atoms with van der Waals surface area (Å²) in [4.78, 5) is 25.0. The summed E-state index contributed by atoms with van der Waals surface area (Å²) < 4.78 is 5.13. The third-order valence-electron chi connectivity index (χ3n) is 3.42. The number of fused-ring (bicyclic) bond motifs is 1. The smallest absolute Gasteiger partial charge is 0.250 e. The largest absolute Gasteiger partial charge is 0.496 e. The molecule has 0 fully saturated rings. The molecule has 2 aromatic carbocycles. The van der Waals surface area contributed by atoms with Crippen molar-refractivity contribution >= 4 is 29.3 Å². The van der Waals surface area contributed by atoms with Crippen LogP contribution in [0.5, 0.6) is 5.75 Å². The number of carbonyl (C=O) groups is 2. The molecule has 0 bridgehead atoms. The molecule has 21 heavy (non-hydrogen) atoms. The van der Waals surface area contributed by atoms with Gasteiger partial charge in [0, 0.05) is 0 Å². The number of aldehydes is 1. The van der Waals surface area contributed by atoms with Crippen LogP contribution in [0.2, 0.25) is 0 Å². The highest BCUT2D eigenvalue weighted by atomic mass is 16.5. The summed E-state index contributed by atoms with van der Waals surface area (Å²) in [6.07, 6.45) is 0.723. The first-order valence-corrected chi connectivity index (χ1v) is 6.53. The fourth-order valence-electron chi connectivity index (χ4n) is 2.44. The van der Waals surface area contributed by atoms with Gasteiger partial charge in [0.25, 0.3) is 5.91 Å². The maximum atomic E-state index is 12.3. The lowest BCUT2D eigenvalue weighted by Gasteiger charge is -2.30. The van der Waals surface area contributed by atoms with Crippen LogP contribution < -0.4 is 15.0 Å². The van der Waals surface area contributed by atoms with Gasteiger partial charge in [-0.25, -0.2) is 0 Å². The standard InChI is InChI=1S/C16H14N2O3/c1-21-15-7-6-12(8-11(15)10-19)18-14-5-3-2-4-13(14)17-9-16(18)20/h2-8,10,17H,9H2,1H3. The first-order valence-electron chi connectivity index (χ1n) is 6.53. The number of benzene rings is 2. The molecule has 5 heteroatoms. The SMILES string of the molecule is COc1ccc(N2C(=O)CNc3ccccc32)cc1C=O. The average Bonchev–Trinajstić information content (AvgIpc) is 2.54. The lowest BCUT2D eigenvalue weighted by Crippen LogP contribution is -2.36. The van der Waals surface area contributed by atoms with Crippen LogP contribution in [0.15, 0.2) is 42.5 Å². The van der Waals surface area contributed by atoms with Crippen LogP contribution in [0.25, 0.3) is 0 Å². The Morgan fingerprint density at radius 3 is 2.81 bits per heavy atom. The normalized spacial score (nSPS) is 13.4. The minimum Gasteiger partial charge on any atom is -0.496 e. The maximum Gasteiger partial charge on any atom is 0.250 e. The van der Waals surface area contributed by atoms with Crippen molar-refractivity contribution < 1.29 is 14.3 Å². The molecule has 1 aliphatic heterocycles. The quantitative estimate of drug-likeness (QED) is 0.879. The van der Waals surface area contributed by atoms with E-state index in [1.165, 1.54) is 7.11 Å². The predicted octanol–water partition coefficient (Wildman–Crippen LogP) is 2.60. The Morgan fingerprint density at radius 2 is 2.05 bits per heavy atom. The average molecular weight is 282 g/mol. The van der Waals surface area contributed by atoms with E-state index < -0.39 is 0 Å². The lowest BCUT2D eigenvalue weighted by molar-refractivity contribution is -0.116. The molecule has 0 unspecified atom stereocenters. The number of nitrogens with one attached hydrogen (secondary N) is 1. The van der Waals surface area contributed by atoms with Gasteiger partial charge in [-0.05, 0) is 30.3 Å². The summed E-state index contributed by atoms with van der Waals surface area (Å²) >= 11 is 0. The van der Waals surface area contributed by atoms with Gasteiger partial charge in [-0.1, -0.05) is 12.1 Å². The molecule has 0 saturated heterocycles. The first kappa shape index (κ1) is 13.2. The van der Waals surface area contributed by atoms with Crippen molar-refractivity contribution in [1.82, 2.24) is 0 Å². The molecule has 3 rings (SSSR count). The van der Waals surface area contributed by atoms with E-state index in [-0.39, 0.29) is 12.5 Å². The number of para-hydroxylation sites is 2. The Morgan fingerprint density at radius 1 is 1.24 bits per heavy atom. The highest BCUT2D eigenvalue weighted by Crippen LogP contribution is 2.36. The van der Waals surface area contributed by atoms with Crippen molar-refractivity contribution in [3.8, 4) is 5.75 Å². The number of anilines is 3. The molecule has 1 amide bonds. The molecule has 5 nitrogen and oxygen atoms in total. The van der Waals surface area contributed by atoms with Crippen molar-refractivity contribution in [3.05, 3.63) is 48.0 Å². The zero-order valence-corrected chi connectivity index (χ0v) is 11.5. The maximum absolute atomic E-state index is 12.3. The summed E-state index contributed by atoms with van der Waals surface area (Å²) in [6.45, 7) is 0.222. The van der Waals surface area contributed by atoms with E-state index >= 15 is 0 Å². The first-order chi connectivity index (χ1) is 10.2. The van der Waals surface area contributed by atoms with Gasteiger partial charge in [0.15, 0.2) is 6.29 Å². The molecule has 0 aliphatic carbocycles. The second-order valence-corrected chi connectivity index (χ2v) is 4.64. The van der Waals surface area contributed by atoms with Crippen LogP contribution in [-0.4, -0.2) is 25.8 Å². The molecule has 2 aromatic rings. The minimum atomic E-state index is -0.0734. The number of rotatable bonds is 3. The molecule has 1 heterocycles. The van der Waals surface area contributed by atoms with Crippen LogP contribution in [0.4, 0.5) is 17.1 Å². The molecule has 0 radical (unpaired) electrons. The summed E-state index contributed by atoms with van der Waals surface area (Å²) in [7, 11) is 1.51. The molecule has 0 saturated carbocycles. The molecular formula is C16H14N2O3. The van der Waals surface area contributed by atoms with Crippen LogP contribution in [0.3, 0.4) is 0 Å². The third-order valence-corrected chi connectivity index (χ3v) is 3.42. The van der Waals surface area contributed by atoms with Gasteiger partial charge in [-0.2, -0.15) is 0 Å². The van der Waals surface area contributed by atoms with Gasteiger partial charge < -0.3 is 10.1 Å². The number of amides is 1. The van der Waals surface area contributed by atoms with Crippen molar-refractivity contribution in [2.45, 2.75) is 0 Å². The molecule has 1 aliphatic rings. The predicted molar refractivity (Wildman–Crippen MR) is 80.5 cm³/mol. The van der Waals surface area contributed by atoms with E-state index in [9.17, 15) is 9.59 Å². The van der Waals surface area contributed by atoms with Gasteiger partial charge in [-0.3, -0.25) is 14.5 Å². The fraction of sp³-hybridized carbons (Fsp3) is 0.125. The van der Waals surface area contributed by atoms with Gasteiger partial charge in [0.2, 0.25) is 0 Å². The van der Waals surface area contributed by atoms with E-state index in [1.807, 2.05) is 24.3 Å². The molecule has 0 aromatic heterocycles. The number of carbonyl (C=O) groups excluding carboxylic acids is 2. The van der Waals surface area contributed by atoms with E-state index in [0.29, 0.717) is 17.0 Å². The van der Waals surface area contributed by atoms with Gasteiger partial charge in [0.05, 0.1) is 36.3 Å². The van der Waals surface area contributed by atoms with Crippen molar-refractivity contribution in [3.63, 3.8) is 0 Å². The highest BCUT2D eigenvalue weighted by molar-refractivity contribution is 6.08. The van der Waals surface area contributed by atoms with E-state index in [0.717, 1.165) is 17.7 Å². The van der Waals surface area contributed by atoms with E-state index in [2.05, 4.69) is 5.32 Å². The zero-order valence-electron chi connectivity index (χ0n) is 11.5. The number of hydrogen-bond donors (Lipinski definition) is 1. The Balaban J connectivity index is 2.11. The number of nitrogens with zero attached hydrogens (tertiary/aromatic N) is 1. The van der Waals surface area contributed by atoms with Crippen LogP contribution in [0.1, 0.15) is 10.4 Å². The number of methoxy groups -OCH3 is 1. The number of ether oxygens (including phenoxy) is 1. The molecule has 106 valence electrons. The Labute approximate surface area is 122 Å². The van der Waals surface area contributed by atoms with Gasteiger partial charge in [-0.15, -0.1) is 0 Å². The second kappa shape index (κ2) is 5.28. The third kappa shape index (κ3) is 2.23. The fourth-order valence-corrected chi connectivity index (χ4v) is 2.44. The zero-order chi connectivity index (χ0) is 14.8. The monoisotopic (exact) mass is 282 g/mol. The highest BCUT2D eigenvalue weighted by Gasteiger charge is 2.25. The summed E-state index contributed by atoms with van der Waals surface area (Å²) in [5, 5.41) is 3.08. The van der Waals surface area contributed by atoms with Crippen molar-refractivity contribution in [1.29, 1.82) is 0 Å². The van der Waals surface area contributed by atoms with Crippen molar-refractivity contribution in [2.24, 2.45) is 0 Å². The Kier molecular flexibility index (Phi) is 3.31. The second-order valence-electron chi connectivity index (χ2n) is 4.64. The van der Waals surface area contributed by atoms with E-state index in [1.54, 1.807) is 23.1 Å². The van der Waals surface area contributed by atoms with Crippen molar-refractivity contribution in [2.75, 3.05) is 23.9 Å². The Bertz CT molecular complexity index is 712. The molecule has 0 spiro atoms. The topological polar surface area (TPSA) is 58.6 Å². The number of hydrogen-bond acceptors (Lipinski definition) is 4. The van der Waals surface area contributed by atoms with Crippen LogP contribution in [0, 0.1) is 0 Å². The molecule has 0 atom stereocenters. The van der Waals surface area contributed by atoms with Gasteiger partial charge >= 0.3 is 0 Å². The molecule has 1 N–H and O–H groups in total. The minimum absolute atomic E-state index is 0.0734. The Hall–Kier alpha value is -2.82. The summed E-state index contributed by atoms with van der Waals surface area (Å²) in [5.74, 6) is 0.417.